The van der Waals surface area contributed by atoms with Crippen LogP contribution in [0.25, 0.3) is 0 Å². The predicted molar refractivity (Wildman–Crippen MR) is 73.9 cm³/mol. The van der Waals surface area contributed by atoms with E-state index in [2.05, 4.69) is 5.32 Å². The second-order valence-corrected chi connectivity index (χ2v) is 4.85. The number of rotatable bonds is 5. The standard InChI is InChI=1S/C14H22N2O2/c1-2-18-13-7-11(15)6-12(8-13)16-14-5-3-4-10(14)9-17/h6-8,10,14,16-17H,2-5,9,15H2,1H3. The fourth-order valence-corrected chi connectivity index (χ4v) is 2.61. The van der Waals surface area contributed by atoms with Crippen LogP contribution in [0, 0.1) is 5.92 Å². The van der Waals surface area contributed by atoms with Crippen LogP contribution in [-0.2, 0) is 0 Å². The summed E-state index contributed by atoms with van der Waals surface area (Å²) in [6.07, 6.45) is 3.36. The van der Waals surface area contributed by atoms with E-state index >= 15 is 0 Å². The van der Waals surface area contributed by atoms with Crippen molar-refractivity contribution in [2.45, 2.75) is 32.2 Å². The van der Waals surface area contributed by atoms with Gasteiger partial charge in [-0.2, -0.15) is 0 Å². The van der Waals surface area contributed by atoms with E-state index in [1.54, 1.807) is 0 Å². The first-order valence-electron chi connectivity index (χ1n) is 6.63. The number of nitrogen functional groups attached to an aromatic ring is 1. The molecule has 0 radical (unpaired) electrons. The lowest BCUT2D eigenvalue weighted by atomic mass is 10.0. The summed E-state index contributed by atoms with van der Waals surface area (Å²) in [5, 5.41) is 12.8. The number of hydrogen-bond donors (Lipinski definition) is 3. The lowest BCUT2D eigenvalue weighted by Gasteiger charge is -2.21. The molecule has 2 atom stereocenters. The van der Waals surface area contributed by atoms with E-state index in [9.17, 15) is 5.11 Å². The third-order valence-corrected chi connectivity index (χ3v) is 3.49. The highest BCUT2D eigenvalue weighted by atomic mass is 16.5. The maximum Gasteiger partial charge on any atom is 0.123 e. The Labute approximate surface area is 108 Å². The van der Waals surface area contributed by atoms with Crippen LogP contribution < -0.4 is 15.8 Å². The monoisotopic (exact) mass is 250 g/mol. The van der Waals surface area contributed by atoms with Crippen LogP contribution in [0.4, 0.5) is 11.4 Å². The van der Waals surface area contributed by atoms with Gasteiger partial charge in [0, 0.05) is 42.1 Å². The molecule has 0 spiro atoms. The zero-order chi connectivity index (χ0) is 13.0. The van der Waals surface area contributed by atoms with E-state index in [1.807, 2.05) is 25.1 Å². The van der Waals surface area contributed by atoms with Gasteiger partial charge in [-0.15, -0.1) is 0 Å². The van der Waals surface area contributed by atoms with Crippen LogP contribution in [0.2, 0.25) is 0 Å². The molecule has 2 rings (SSSR count). The molecule has 4 N–H and O–H groups in total. The van der Waals surface area contributed by atoms with Crippen molar-refractivity contribution in [3.05, 3.63) is 18.2 Å². The quantitative estimate of drug-likeness (QED) is 0.701. The summed E-state index contributed by atoms with van der Waals surface area (Å²) in [5.41, 5.74) is 7.53. The highest BCUT2D eigenvalue weighted by Gasteiger charge is 2.26. The van der Waals surface area contributed by atoms with E-state index in [4.69, 9.17) is 10.5 Å². The van der Waals surface area contributed by atoms with Crippen LogP contribution >= 0.6 is 0 Å². The molecule has 0 aliphatic heterocycles. The zero-order valence-electron chi connectivity index (χ0n) is 10.9. The topological polar surface area (TPSA) is 67.5 Å². The fraction of sp³-hybridized carbons (Fsp3) is 0.571. The number of aliphatic hydroxyl groups excluding tert-OH is 1. The SMILES string of the molecule is CCOc1cc(N)cc(NC2CCCC2CO)c1. The molecule has 0 heterocycles. The molecular weight excluding hydrogens is 228 g/mol. The number of nitrogens with two attached hydrogens (primary N) is 1. The molecule has 1 saturated carbocycles. The Hall–Kier alpha value is -1.42. The number of hydrogen-bond acceptors (Lipinski definition) is 4. The Bertz CT molecular complexity index is 395. The summed E-state index contributed by atoms with van der Waals surface area (Å²) in [7, 11) is 0. The Balaban J connectivity index is 2.08. The van der Waals surface area contributed by atoms with Crippen molar-refractivity contribution in [2.75, 3.05) is 24.3 Å². The first kappa shape index (κ1) is 13.0. The lowest BCUT2D eigenvalue weighted by Crippen LogP contribution is -2.26. The van der Waals surface area contributed by atoms with Gasteiger partial charge in [-0.25, -0.2) is 0 Å². The number of benzene rings is 1. The van der Waals surface area contributed by atoms with Gasteiger partial charge in [0.2, 0.25) is 0 Å². The maximum atomic E-state index is 9.32. The van der Waals surface area contributed by atoms with Crippen molar-refractivity contribution >= 4 is 11.4 Å². The van der Waals surface area contributed by atoms with Gasteiger partial charge in [0.25, 0.3) is 0 Å². The van der Waals surface area contributed by atoms with Gasteiger partial charge in [-0.05, 0) is 25.8 Å². The Morgan fingerprint density at radius 3 is 2.94 bits per heavy atom. The smallest absolute Gasteiger partial charge is 0.123 e. The van der Waals surface area contributed by atoms with E-state index in [1.165, 1.54) is 6.42 Å². The van der Waals surface area contributed by atoms with Crippen LogP contribution in [0.1, 0.15) is 26.2 Å². The zero-order valence-corrected chi connectivity index (χ0v) is 10.9. The summed E-state index contributed by atoms with van der Waals surface area (Å²) < 4.78 is 5.48. The molecule has 0 amide bonds. The van der Waals surface area contributed by atoms with Crippen molar-refractivity contribution in [1.29, 1.82) is 0 Å². The largest absolute Gasteiger partial charge is 0.494 e. The van der Waals surface area contributed by atoms with Gasteiger partial charge >= 0.3 is 0 Å². The van der Waals surface area contributed by atoms with Gasteiger partial charge < -0.3 is 20.9 Å². The molecule has 100 valence electrons. The third kappa shape index (κ3) is 3.07. The van der Waals surface area contributed by atoms with E-state index in [-0.39, 0.29) is 6.61 Å². The van der Waals surface area contributed by atoms with E-state index in [0.29, 0.717) is 24.3 Å². The van der Waals surface area contributed by atoms with Gasteiger partial charge in [-0.3, -0.25) is 0 Å². The molecule has 1 aliphatic rings. The van der Waals surface area contributed by atoms with Crippen molar-refractivity contribution in [3.63, 3.8) is 0 Å². The molecule has 4 heteroatoms. The molecule has 2 unspecified atom stereocenters. The van der Waals surface area contributed by atoms with Crippen LogP contribution in [0.15, 0.2) is 18.2 Å². The van der Waals surface area contributed by atoms with Gasteiger partial charge in [0.05, 0.1) is 6.61 Å². The minimum Gasteiger partial charge on any atom is -0.494 e. The molecule has 1 aromatic carbocycles. The number of nitrogens with one attached hydrogen (secondary N) is 1. The number of anilines is 2. The summed E-state index contributed by atoms with van der Waals surface area (Å²) >= 11 is 0. The van der Waals surface area contributed by atoms with Crippen molar-refractivity contribution in [2.24, 2.45) is 5.92 Å². The van der Waals surface area contributed by atoms with Crippen LogP contribution in [-0.4, -0.2) is 24.4 Å². The molecule has 1 aliphatic carbocycles. The average molecular weight is 250 g/mol. The van der Waals surface area contributed by atoms with Crippen molar-refractivity contribution in [1.82, 2.24) is 0 Å². The first-order chi connectivity index (χ1) is 8.72. The number of ether oxygens (including phenoxy) is 1. The summed E-state index contributed by atoms with van der Waals surface area (Å²) in [6, 6.07) is 6.04. The highest BCUT2D eigenvalue weighted by molar-refractivity contribution is 5.59. The Morgan fingerprint density at radius 1 is 1.39 bits per heavy atom. The predicted octanol–water partition coefficient (Wildman–Crippen LogP) is 2.24. The average Bonchev–Trinajstić information content (AvgIpc) is 2.76. The molecule has 0 aromatic heterocycles. The second kappa shape index (κ2) is 5.96. The Kier molecular flexibility index (Phi) is 4.31. The number of aliphatic hydroxyl groups is 1. The molecule has 1 fully saturated rings. The molecule has 0 bridgehead atoms. The highest BCUT2D eigenvalue weighted by Crippen LogP contribution is 2.30. The lowest BCUT2D eigenvalue weighted by molar-refractivity contribution is 0.222. The Morgan fingerprint density at radius 2 is 2.22 bits per heavy atom. The van der Waals surface area contributed by atoms with E-state index < -0.39 is 0 Å². The third-order valence-electron chi connectivity index (χ3n) is 3.49. The van der Waals surface area contributed by atoms with Gasteiger partial charge in [-0.1, -0.05) is 6.42 Å². The minimum atomic E-state index is 0.248. The second-order valence-electron chi connectivity index (χ2n) is 4.85. The molecule has 18 heavy (non-hydrogen) atoms. The molecule has 4 nitrogen and oxygen atoms in total. The van der Waals surface area contributed by atoms with Gasteiger partial charge in [0.1, 0.15) is 5.75 Å². The van der Waals surface area contributed by atoms with Crippen molar-refractivity contribution in [3.8, 4) is 5.75 Å². The fourth-order valence-electron chi connectivity index (χ4n) is 2.61. The first-order valence-corrected chi connectivity index (χ1v) is 6.63. The van der Waals surface area contributed by atoms with Crippen LogP contribution in [0.5, 0.6) is 5.75 Å². The summed E-state index contributed by atoms with van der Waals surface area (Å²) in [5.74, 6) is 1.14. The van der Waals surface area contributed by atoms with Gasteiger partial charge in [0.15, 0.2) is 0 Å². The van der Waals surface area contributed by atoms with E-state index in [0.717, 1.165) is 24.3 Å². The summed E-state index contributed by atoms with van der Waals surface area (Å²) in [6.45, 7) is 2.83. The normalized spacial score (nSPS) is 23.0. The molecule has 1 aromatic rings. The molecular formula is C14H22N2O2. The molecule has 0 saturated heterocycles. The maximum absolute atomic E-state index is 9.32. The summed E-state index contributed by atoms with van der Waals surface area (Å²) in [4.78, 5) is 0. The minimum absolute atomic E-state index is 0.248. The van der Waals surface area contributed by atoms with Crippen LogP contribution in [0.3, 0.4) is 0 Å². The van der Waals surface area contributed by atoms with Crippen molar-refractivity contribution < 1.29 is 9.84 Å².